The maximum absolute atomic E-state index is 11.5. The van der Waals surface area contributed by atoms with E-state index in [0.29, 0.717) is 23.3 Å². The Bertz CT molecular complexity index is 1400. The lowest BCUT2D eigenvalue weighted by Crippen LogP contribution is -2.49. The smallest absolute Gasteiger partial charge is 0.176 e. The van der Waals surface area contributed by atoms with E-state index in [1.807, 2.05) is 6.26 Å². The van der Waals surface area contributed by atoms with E-state index in [-0.39, 0.29) is 12.0 Å². The highest BCUT2D eigenvalue weighted by atomic mass is 16.6. The van der Waals surface area contributed by atoms with E-state index in [1.165, 1.54) is 33.2 Å². The first-order valence-corrected chi connectivity index (χ1v) is 13.0. The summed E-state index contributed by atoms with van der Waals surface area (Å²) in [4.78, 5) is 0. The topological polar surface area (TPSA) is 51.8 Å². The molecular formula is C30H34O4. The van der Waals surface area contributed by atoms with Gasteiger partial charge in [0.05, 0.1) is 6.26 Å². The van der Waals surface area contributed by atoms with E-state index in [1.54, 1.807) is 0 Å². The summed E-state index contributed by atoms with van der Waals surface area (Å²) >= 11 is 0. The van der Waals surface area contributed by atoms with Crippen molar-refractivity contribution < 1.29 is 19.0 Å². The Morgan fingerprint density at radius 3 is 2.50 bits per heavy atom. The Kier molecular flexibility index (Phi) is 3.98. The number of furan rings is 1. The summed E-state index contributed by atoms with van der Waals surface area (Å²) in [6.07, 6.45) is 7.09. The highest BCUT2D eigenvalue weighted by Gasteiger charge is 2.59. The van der Waals surface area contributed by atoms with Crippen LogP contribution < -0.4 is 9.47 Å². The van der Waals surface area contributed by atoms with Crippen LogP contribution in [0.25, 0.3) is 11.0 Å². The molecule has 0 saturated carbocycles. The van der Waals surface area contributed by atoms with Crippen LogP contribution in [0.2, 0.25) is 0 Å². The van der Waals surface area contributed by atoms with E-state index in [0.717, 1.165) is 60.1 Å². The minimum absolute atomic E-state index is 0.155. The quantitative estimate of drug-likeness (QED) is 0.378. The Hall–Kier alpha value is -2.62. The summed E-state index contributed by atoms with van der Waals surface area (Å²) in [6.45, 7) is 13.4. The van der Waals surface area contributed by atoms with Crippen molar-refractivity contribution in [1.29, 1.82) is 0 Å². The van der Waals surface area contributed by atoms with Crippen LogP contribution in [0.5, 0.6) is 17.2 Å². The average molecular weight is 459 g/mol. The predicted octanol–water partition coefficient (Wildman–Crippen LogP) is 7.55. The second-order valence-corrected chi connectivity index (χ2v) is 11.6. The van der Waals surface area contributed by atoms with Gasteiger partial charge in [-0.2, -0.15) is 0 Å². The molecule has 7 rings (SSSR count). The number of hydrogen-bond acceptors (Lipinski definition) is 4. The molecule has 3 heterocycles. The molecule has 2 aromatic carbocycles. The molecule has 2 aliphatic carbocycles. The molecule has 2 aliphatic heterocycles. The summed E-state index contributed by atoms with van der Waals surface area (Å²) in [5.41, 5.74) is 10.1. The first-order chi connectivity index (χ1) is 16.2. The second-order valence-electron chi connectivity index (χ2n) is 11.6. The zero-order chi connectivity index (χ0) is 23.7. The van der Waals surface area contributed by atoms with Crippen molar-refractivity contribution >= 4 is 11.0 Å². The molecule has 0 bridgehead atoms. The Morgan fingerprint density at radius 1 is 0.941 bits per heavy atom. The molecule has 1 aromatic heterocycles. The molecule has 3 unspecified atom stereocenters. The Balaban J connectivity index is 1.53. The lowest BCUT2D eigenvalue weighted by molar-refractivity contribution is -0.0376. The van der Waals surface area contributed by atoms with Gasteiger partial charge in [-0.25, -0.2) is 0 Å². The number of ether oxygens (including phenoxy) is 2. The van der Waals surface area contributed by atoms with Crippen molar-refractivity contribution in [3.63, 3.8) is 0 Å². The normalized spacial score (nSPS) is 30.8. The van der Waals surface area contributed by atoms with E-state index >= 15 is 0 Å². The maximum atomic E-state index is 11.5. The number of phenolic OH excluding ortho intramolecular Hbond substituents is 1. The number of hydrogen-bond donors (Lipinski definition) is 1. The number of aryl methyl sites for hydroxylation is 2. The third-order valence-corrected chi connectivity index (χ3v) is 9.62. The molecule has 0 amide bonds. The van der Waals surface area contributed by atoms with Gasteiger partial charge in [-0.15, -0.1) is 0 Å². The molecule has 178 valence electrons. The van der Waals surface area contributed by atoms with Crippen molar-refractivity contribution in [2.75, 3.05) is 0 Å². The zero-order valence-electron chi connectivity index (χ0n) is 21.1. The molecule has 3 aromatic rings. The van der Waals surface area contributed by atoms with Crippen LogP contribution in [0.15, 0.2) is 10.7 Å². The molecule has 5 atom stereocenters. The fraction of sp³-hybridized carbons (Fsp3) is 0.533. The van der Waals surface area contributed by atoms with Gasteiger partial charge in [0.2, 0.25) is 0 Å². The Labute approximate surface area is 201 Å². The van der Waals surface area contributed by atoms with Gasteiger partial charge in [0.15, 0.2) is 28.4 Å². The van der Waals surface area contributed by atoms with E-state index in [2.05, 4.69) is 41.5 Å². The third-order valence-electron chi connectivity index (χ3n) is 9.62. The molecule has 0 spiro atoms. The van der Waals surface area contributed by atoms with Crippen LogP contribution in [-0.2, 0) is 12.0 Å². The lowest BCUT2D eigenvalue weighted by atomic mass is 9.67. The number of rotatable bonds is 0. The molecule has 0 saturated heterocycles. The molecular weight excluding hydrogens is 424 g/mol. The average Bonchev–Trinajstić information content (AvgIpc) is 3.34. The largest absolute Gasteiger partial charge is 0.504 e. The molecule has 1 N–H and O–H groups in total. The van der Waals surface area contributed by atoms with Gasteiger partial charge in [-0.1, -0.05) is 13.8 Å². The van der Waals surface area contributed by atoms with Gasteiger partial charge in [0, 0.05) is 28.0 Å². The van der Waals surface area contributed by atoms with E-state index in [9.17, 15) is 5.11 Å². The van der Waals surface area contributed by atoms with E-state index < -0.39 is 5.60 Å². The number of fused-ring (bicyclic) bond motifs is 7. The number of benzene rings is 2. The van der Waals surface area contributed by atoms with Gasteiger partial charge in [0.1, 0.15) is 6.10 Å². The zero-order valence-corrected chi connectivity index (χ0v) is 21.1. The molecule has 4 aliphatic rings. The minimum Gasteiger partial charge on any atom is -0.504 e. The summed E-state index contributed by atoms with van der Waals surface area (Å²) in [6, 6.07) is 0. The third kappa shape index (κ3) is 2.26. The molecule has 34 heavy (non-hydrogen) atoms. The van der Waals surface area contributed by atoms with Crippen molar-refractivity contribution in [2.45, 2.75) is 103 Å². The molecule has 0 fully saturated rings. The Morgan fingerprint density at radius 2 is 1.71 bits per heavy atom. The lowest BCUT2D eigenvalue weighted by Gasteiger charge is -2.46. The summed E-state index contributed by atoms with van der Waals surface area (Å²) in [7, 11) is 0. The summed E-state index contributed by atoms with van der Waals surface area (Å²) in [5, 5.41) is 12.7. The van der Waals surface area contributed by atoms with Crippen LogP contribution in [0.3, 0.4) is 0 Å². The predicted molar refractivity (Wildman–Crippen MR) is 133 cm³/mol. The van der Waals surface area contributed by atoms with Gasteiger partial charge in [-0.05, 0) is 99.5 Å². The standard InChI is InChI=1S/C30H34O4/c1-13-8-7-9-18-20(13)17(5)24-28(25(18)31)33-29-19-11-10-14(2)21-16(4)22-15(3)12-32-26(22)27(23(19)21)34-30(24,29)6/h12-14,19,29,31H,7-11H2,1-6H3/t13-,14-,19?,29?,30?/m0/s1. The van der Waals surface area contributed by atoms with Gasteiger partial charge in [-0.3, -0.25) is 0 Å². The second kappa shape index (κ2) is 6.53. The van der Waals surface area contributed by atoms with Crippen LogP contribution >= 0.6 is 0 Å². The SMILES string of the molecule is Cc1c2c(c(O)c3c1C1(C)Oc4c5c(c(C)c6c(C)coc46)[C@@H](C)CCC5C1O3)CCC[C@@H]2C. The van der Waals surface area contributed by atoms with Crippen molar-refractivity contribution in [3.8, 4) is 17.2 Å². The van der Waals surface area contributed by atoms with Crippen LogP contribution in [-0.4, -0.2) is 11.2 Å². The molecule has 4 nitrogen and oxygen atoms in total. The first kappa shape index (κ1) is 20.7. The highest BCUT2D eigenvalue weighted by molar-refractivity contribution is 5.93. The monoisotopic (exact) mass is 458 g/mol. The highest BCUT2D eigenvalue weighted by Crippen LogP contribution is 2.63. The van der Waals surface area contributed by atoms with Crippen LogP contribution in [0.1, 0.15) is 109 Å². The van der Waals surface area contributed by atoms with Crippen LogP contribution in [0.4, 0.5) is 0 Å². The summed E-state index contributed by atoms with van der Waals surface area (Å²) in [5.74, 6) is 3.04. The molecule has 0 radical (unpaired) electrons. The van der Waals surface area contributed by atoms with Crippen molar-refractivity contribution in [1.82, 2.24) is 0 Å². The number of phenols is 1. The maximum Gasteiger partial charge on any atom is 0.176 e. The van der Waals surface area contributed by atoms with Gasteiger partial charge < -0.3 is 19.0 Å². The van der Waals surface area contributed by atoms with E-state index in [4.69, 9.17) is 13.9 Å². The fourth-order valence-corrected chi connectivity index (χ4v) is 8.23. The summed E-state index contributed by atoms with van der Waals surface area (Å²) < 4.78 is 20.0. The first-order valence-electron chi connectivity index (χ1n) is 13.0. The minimum atomic E-state index is -0.665. The van der Waals surface area contributed by atoms with Gasteiger partial charge in [0.25, 0.3) is 0 Å². The number of aromatic hydroxyl groups is 1. The van der Waals surface area contributed by atoms with Crippen LogP contribution in [0, 0.1) is 20.8 Å². The van der Waals surface area contributed by atoms with Crippen molar-refractivity contribution in [2.24, 2.45) is 0 Å². The van der Waals surface area contributed by atoms with Gasteiger partial charge >= 0.3 is 0 Å². The molecule has 4 heteroatoms. The fourth-order valence-electron chi connectivity index (χ4n) is 8.23. The van der Waals surface area contributed by atoms with Crippen molar-refractivity contribution in [3.05, 3.63) is 50.8 Å².